The molecule has 2 heterocycles. The molecule has 1 unspecified atom stereocenters. The summed E-state index contributed by atoms with van der Waals surface area (Å²) in [7, 11) is 0. The standard InChI is InChI=1S/C18H20N4O2/c1-11-14-9-13(10-20-16(14)24-22-11)21-17(23)18(2,3)15(19)12-7-5-4-6-8-12/h4-10,15H,19H2,1-3H3,(H,21,23). The number of nitrogens with two attached hydrogens (primary N) is 1. The molecule has 3 rings (SSSR count). The SMILES string of the molecule is Cc1noc2ncc(NC(=O)C(C)(C)C(N)c3ccccc3)cc12. The molecule has 1 amide bonds. The lowest BCUT2D eigenvalue weighted by Crippen LogP contribution is -2.40. The second kappa shape index (κ2) is 6.05. The minimum atomic E-state index is -0.792. The van der Waals surface area contributed by atoms with Gasteiger partial charge in [-0.3, -0.25) is 4.79 Å². The lowest BCUT2D eigenvalue weighted by Gasteiger charge is -2.30. The normalized spacial score (nSPS) is 13.0. The van der Waals surface area contributed by atoms with E-state index in [1.54, 1.807) is 12.3 Å². The van der Waals surface area contributed by atoms with Crippen LogP contribution in [0.4, 0.5) is 5.69 Å². The van der Waals surface area contributed by atoms with Crippen molar-refractivity contribution in [3.63, 3.8) is 0 Å². The number of carbonyl (C=O) groups is 1. The monoisotopic (exact) mass is 324 g/mol. The van der Waals surface area contributed by atoms with Crippen molar-refractivity contribution in [3.8, 4) is 0 Å². The predicted molar refractivity (Wildman–Crippen MR) is 92.3 cm³/mol. The number of hydrogen-bond donors (Lipinski definition) is 2. The van der Waals surface area contributed by atoms with Crippen LogP contribution in [0.25, 0.3) is 11.1 Å². The Morgan fingerprint density at radius 3 is 2.71 bits per heavy atom. The van der Waals surface area contributed by atoms with Crippen LogP contribution in [0.2, 0.25) is 0 Å². The van der Waals surface area contributed by atoms with Crippen LogP contribution in [0.3, 0.4) is 0 Å². The molecule has 124 valence electrons. The molecular weight excluding hydrogens is 304 g/mol. The van der Waals surface area contributed by atoms with Crippen LogP contribution in [-0.2, 0) is 4.79 Å². The van der Waals surface area contributed by atoms with Crippen LogP contribution in [0.15, 0.2) is 47.1 Å². The van der Waals surface area contributed by atoms with Crippen molar-refractivity contribution < 1.29 is 9.32 Å². The molecular formula is C18H20N4O2. The van der Waals surface area contributed by atoms with Gasteiger partial charge in [0, 0.05) is 6.04 Å². The summed E-state index contributed by atoms with van der Waals surface area (Å²) < 4.78 is 5.08. The summed E-state index contributed by atoms with van der Waals surface area (Å²) in [5.41, 5.74) is 8.22. The molecule has 0 spiro atoms. The third-order valence-corrected chi connectivity index (χ3v) is 4.29. The second-order valence-electron chi connectivity index (χ2n) is 6.41. The Morgan fingerprint density at radius 1 is 1.29 bits per heavy atom. The largest absolute Gasteiger partial charge is 0.336 e. The highest BCUT2D eigenvalue weighted by Crippen LogP contribution is 2.32. The van der Waals surface area contributed by atoms with Crippen molar-refractivity contribution in [3.05, 3.63) is 53.9 Å². The summed E-state index contributed by atoms with van der Waals surface area (Å²) >= 11 is 0. The van der Waals surface area contributed by atoms with Crippen molar-refractivity contribution >= 4 is 22.7 Å². The first-order chi connectivity index (χ1) is 11.4. The summed E-state index contributed by atoms with van der Waals surface area (Å²) in [6.45, 7) is 5.49. The van der Waals surface area contributed by atoms with Crippen molar-refractivity contribution in [2.45, 2.75) is 26.8 Å². The number of carbonyl (C=O) groups excluding carboxylic acids is 1. The molecule has 1 atom stereocenters. The van der Waals surface area contributed by atoms with E-state index in [2.05, 4.69) is 15.5 Å². The third kappa shape index (κ3) is 2.88. The molecule has 2 aromatic heterocycles. The zero-order valence-electron chi connectivity index (χ0n) is 13.9. The lowest BCUT2D eigenvalue weighted by atomic mass is 9.80. The number of aryl methyl sites for hydroxylation is 1. The Kier molecular flexibility index (Phi) is 4.07. The molecule has 1 aromatic carbocycles. The van der Waals surface area contributed by atoms with Gasteiger partial charge in [0.2, 0.25) is 5.91 Å². The predicted octanol–water partition coefficient (Wildman–Crippen LogP) is 3.20. The third-order valence-electron chi connectivity index (χ3n) is 4.29. The van der Waals surface area contributed by atoms with E-state index in [0.29, 0.717) is 11.4 Å². The van der Waals surface area contributed by atoms with Gasteiger partial charge in [-0.05, 0) is 32.4 Å². The highest BCUT2D eigenvalue weighted by Gasteiger charge is 2.35. The van der Waals surface area contributed by atoms with Crippen molar-refractivity contribution in [1.82, 2.24) is 10.1 Å². The average molecular weight is 324 g/mol. The molecule has 0 saturated heterocycles. The number of aromatic nitrogens is 2. The van der Waals surface area contributed by atoms with Gasteiger partial charge in [-0.1, -0.05) is 35.5 Å². The number of nitrogens with one attached hydrogen (secondary N) is 1. The van der Waals surface area contributed by atoms with Crippen LogP contribution in [0.5, 0.6) is 0 Å². The van der Waals surface area contributed by atoms with E-state index < -0.39 is 11.5 Å². The van der Waals surface area contributed by atoms with Crippen molar-refractivity contribution in [1.29, 1.82) is 0 Å². The van der Waals surface area contributed by atoms with E-state index in [4.69, 9.17) is 10.3 Å². The highest BCUT2D eigenvalue weighted by atomic mass is 16.5. The van der Waals surface area contributed by atoms with Crippen LogP contribution in [-0.4, -0.2) is 16.0 Å². The lowest BCUT2D eigenvalue weighted by molar-refractivity contribution is -0.125. The van der Waals surface area contributed by atoms with Crippen LogP contribution < -0.4 is 11.1 Å². The van der Waals surface area contributed by atoms with Gasteiger partial charge >= 0.3 is 0 Å². The molecule has 24 heavy (non-hydrogen) atoms. The van der Waals surface area contributed by atoms with Gasteiger partial charge in [0.15, 0.2) is 0 Å². The molecule has 0 fully saturated rings. The molecule has 6 nitrogen and oxygen atoms in total. The maximum absolute atomic E-state index is 12.8. The number of anilines is 1. The first-order valence-corrected chi connectivity index (χ1v) is 7.73. The van der Waals surface area contributed by atoms with Crippen LogP contribution in [0, 0.1) is 12.3 Å². The van der Waals surface area contributed by atoms with Gasteiger partial charge in [-0.25, -0.2) is 4.98 Å². The van der Waals surface area contributed by atoms with Gasteiger partial charge in [-0.2, -0.15) is 0 Å². The maximum atomic E-state index is 12.8. The topological polar surface area (TPSA) is 94.0 Å². The van der Waals surface area contributed by atoms with E-state index in [-0.39, 0.29) is 5.91 Å². The Hall–Kier alpha value is -2.73. The van der Waals surface area contributed by atoms with E-state index >= 15 is 0 Å². The van der Waals surface area contributed by atoms with Gasteiger partial charge < -0.3 is 15.6 Å². The quantitative estimate of drug-likeness (QED) is 0.768. The number of nitrogens with zero attached hydrogens (tertiary/aromatic N) is 2. The first kappa shape index (κ1) is 16.1. The number of benzene rings is 1. The van der Waals surface area contributed by atoms with Crippen LogP contribution in [0.1, 0.15) is 31.1 Å². The van der Waals surface area contributed by atoms with E-state index in [1.165, 1.54) is 0 Å². The molecule has 0 saturated carbocycles. The summed E-state index contributed by atoms with van der Waals surface area (Å²) in [5, 5.41) is 7.53. The molecule has 0 aliphatic heterocycles. The van der Waals surface area contributed by atoms with E-state index in [9.17, 15) is 4.79 Å². The first-order valence-electron chi connectivity index (χ1n) is 7.73. The Bertz CT molecular complexity index is 871. The molecule has 0 aliphatic rings. The van der Waals surface area contributed by atoms with Gasteiger partial charge in [-0.15, -0.1) is 0 Å². The van der Waals surface area contributed by atoms with E-state index in [0.717, 1.165) is 16.6 Å². The molecule has 3 N–H and O–H groups in total. The smallest absolute Gasteiger partial charge is 0.258 e. The zero-order chi connectivity index (χ0) is 17.3. The Morgan fingerprint density at radius 2 is 2.00 bits per heavy atom. The number of amides is 1. The van der Waals surface area contributed by atoms with Crippen molar-refractivity contribution in [2.75, 3.05) is 5.32 Å². The van der Waals surface area contributed by atoms with Gasteiger partial charge in [0.1, 0.15) is 0 Å². The maximum Gasteiger partial charge on any atom is 0.258 e. The fraction of sp³-hybridized carbons (Fsp3) is 0.278. The highest BCUT2D eigenvalue weighted by molar-refractivity contribution is 5.96. The molecule has 0 bridgehead atoms. The fourth-order valence-electron chi connectivity index (χ4n) is 2.52. The summed E-state index contributed by atoms with van der Waals surface area (Å²) in [5.74, 6) is -0.172. The van der Waals surface area contributed by atoms with Gasteiger partial charge in [0.25, 0.3) is 5.71 Å². The Balaban J connectivity index is 1.82. The number of fused-ring (bicyclic) bond motifs is 1. The number of rotatable bonds is 4. The summed E-state index contributed by atoms with van der Waals surface area (Å²) in [4.78, 5) is 16.9. The van der Waals surface area contributed by atoms with Crippen molar-refractivity contribution in [2.24, 2.45) is 11.1 Å². The molecule has 0 aliphatic carbocycles. The second-order valence-corrected chi connectivity index (χ2v) is 6.41. The average Bonchev–Trinajstić information content (AvgIpc) is 2.95. The van der Waals surface area contributed by atoms with E-state index in [1.807, 2.05) is 51.1 Å². The molecule has 0 radical (unpaired) electrons. The number of hydrogen-bond acceptors (Lipinski definition) is 5. The van der Waals surface area contributed by atoms with Crippen LogP contribution >= 0.6 is 0 Å². The molecule has 6 heteroatoms. The summed E-state index contributed by atoms with van der Waals surface area (Å²) in [6, 6.07) is 11.0. The zero-order valence-corrected chi connectivity index (χ0v) is 13.9. The fourth-order valence-corrected chi connectivity index (χ4v) is 2.52. The Labute approximate surface area is 140 Å². The number of pyridine rings is 1. The minimum Gasteiger partial charge on any atom is -0.336 e. The molecule has 3 aromatic rings. The minimum absolute atomic E-state index is 0.172. The summed E-state index contributed by atoms with van der Waals surface area (Å²) in [6.07, 6.45) is 1.55. The van der Waals surface area contributed by atoms with Gasteiger partial charge in [0.05, 0.1) is 28.4 Å².